The van der Waals surface area contributed by atoms with Crippen molar-refractivity contribution in [3.05, 3.63) is 48.1 Å². The fourth-order valence-electron chi connectivity index (χ4n) is 7.31. The summed E-state index contributed by atoms with van der Waals surface area (Å²) in [6.45, 7) is 1.70. The number of nitrogen functional groups attached to an aromatic ring is 2. The van der Waals surface area contributed by atoms with E-state index in [2.05, 4.69) is 31.0 Å². The smallest absolute Gasteiger partial charge is 0.455 e. The number of carbonyl (C=O) groups excluding carboxylic acids is 2. The van der Waals surface area contributed by atoms with Gasteiger partial charge in [0.2, 0.25) is 5.91 Å². The van der Waals surface area contributed by atoms with Crippen LogP contribution in [-0.2, 0) is 46.5 Å². The maximum Gasteiger partial charge on any atom is 0.472 e. The molecule has 1 amide bonds. The van der Waals surface area contributed by atoms with Crippen LogP contribution < -0.4 is 17.2 Å². The number of carbonyl (C=O) groups is 2. The van der Waals surface area contributed by atoms with E-state index in [9.17, 15) is 57.2 Å². The average Bonchev–Trinajstić information content (AvgIpc) is 3.88. The Kier molecular flexibility index (Phi) is 15.3. The number of anilines is 2. The summed E-state index contributed by atoms with van der Waals surface area (Å²) in [5.74, 6) is -4.64. The number of alkyl halides is 2. The summed E-state index contributed by atoms with van der Waals surface area (Å²) < 4.78 is 87.4. The Morgan fingerprint density at radius 1 is 1.03 bits per heavy atom. The Morgan fingerprint density at radius 3 is 2.33 bits per heavy atom. The first kappa shape index (κ1) is 49.0. The van der Waals surface area contributed by atoms with E-state index in [0.717, 1.165) is 28.1 Å². The normalized spacial score (nSPS) is 27.6. The van der Waals surface area contributed by atoms with E-state index in [1.54, 1.807) is 4.90 Å². The van der Waals surface area contributed by atoms with E-state index < -0.39 is 120 Å². The number of ether oxygens (including phenoxy) is 3. The predicted molar refractivity (Wildman–Crippen MR) is 212 cm³/mol. The van der Waals surface area contributed by atoms with Crippen molar-refractivity contribution in [2.45, 2.75) is 93.1 Å². The summed E-state index contributed by atoms with van der Waals surface area (Å²) in [6.07, 6.45) is -10.00. The van der Waals surface area contributed by atoms with Crippen molar-refractivity contribution in [3.8, 4) is 0 Å². The number of hydrogen-bond donors (Lipinski definition) is 7. The van der Waals surface area contributed by atoms with Crippen LogP contribution in [0, 0.1) is 0 Å². The van der Waals surface area contributed by atoms with Gasteiger partial charge in [-0.3, -0.25) is 27.5 Å². The Bertz CT molecular complexity index is 2310. The monoisotopic (exact) mass is 952 g/mol. The van der Waals surface area contributed by atoms with Crippen LogP contribution in [0.3, 0.4) is 0 Å². The number of aliphatic hydroxyl groups is 2. The van der Waals surface area contributed by atoms with E-state index >= 15 is 0 Å². The van der Waals surface area contributed by atoms with Gasteiger partial charge in [-0.2, -0.15) is 4.98 Å². The first-order valence-electron chi connectivity index (χ1n) is 19.6. The third-order valence-electron chi connectivity index (χ3n) is 10.7. The lowest BCUT2D eigenvalue weighted by Crippen LogP contribution is -2.49. The number of likely N-dealkylation sites (tertiary alicyclic amines) is 1. The largest absolute Gasteiger partial charge is 0.472 e. The summed E-state index contributed by atoms with van der Waals surface area (Å²) in [5, 5.41) is 22.9. The minimum atomic E-state index is -5.46. The number of piperidine rings is 1. The Morgan fingerprint density at radius 2 is 1.67 bits per heavy atom. The molecule has 30 heteroatoms. The molecule has 6 heterocycles. The van der Waals surface area contributed by atoms with Gasteiger partial charge in [-0.1, -0.05) is 6.08 Å². The summed E-state index contributed by atoms with van der Waals surface area (Å²) in [6, 6.07) is -0.179. The maximum atomic E-state index is 14.1. The summed E-state index contributed by atoms with van der Waals surface area (Å²) in [5.41, 5.74) is 10.6. The molecule has 3 saturated heterocycles. The molecule has 6 rings (SSSR count). The zero-order chi connectivity index (χ0) is 46.7. The van der Waals surface area contributed by atoms with Gasteiger partial charge in [0, 0.05) is 52.1 Å². The van der Waals surface area contributed by atoms with E-state index in [4.69, 9.17) is 34.7 Å². The third kappa shape index (κ3) is 11.7. The van der Waals surface area contributed by atoms with Crippen molar-refractivity contribution in [1.29, 1.82) is 0 Å². The van der Waals surface area contributed by atoms with Gasteiger partial charge < -0.3 is 60.4 Å². The second-order valence-corrected chi connectivity index (χ2v) is 17.7. The molecular weight excluding hydrogens is 904 g/mol. The van der Waals surface area contributed by atoms with Crippen LogP contribution in [0.5, 0.6) is 0 Å². The predicted octanol–water partition coefficient (Wildman–Crippen LogP) is -0.798. The number of esters is 1. The van der Waals surface area contributed by atoms with E-state index in [-0.39, 0.29) is 61.7 Å². The minimum absolute atomic E-state index is 0.0224. The second-order valence-electron chi connectivity index (χ2n) is 15.1. The molecule has 3 fully saturated rings. The Labute approximate surface area is 361 Å². The van der Waals surface area contributed by atoms with Crippen molar-refractivity contribution in [2.75, 3.05) is 51.4 Å². The van der Waals surface area contributed by atoms with Crippen LogP contribution in [0.15, 0.2) is 42.4 Å². The highest BCUT2D eigenvalue weighted by atomic mass is 31.2. The van der Waals surface area contributed by atoms with Crippen LogP contribution in [-0.4, -0.2) is 164 Å². The van der Waals surface area contributed by atoms with Crippen molar-refractivity contribution < 1.29 is 80.2 Å². The van der Waals surface area contributed by atoms with E-state index in [1.165, 1.54) is 24.0 Å². The quantitative estimate of drug-likeness (QED) is 0.0439. The van der Waals surface area contributed by atoms with Crippen molar-refractivity contribution in [2.24, 2.45) is 0 Å². The molecule has 0 aromatic carbocycles. The lowest BCUT2D eigenvalue weighted by molar-refractivity contribution is -0.165. The number of imidazole rings is 1. The second kappa shape index (κ2) is 20.0. The molecule has 5 unspecified atom stereocenters. The van der Waals surface area contributed by atoms with Crippen molar-refractivity contribution in [3.63, 3.8) is 0 Å². The van der Waals surface area contributed by atoms with E-state index in [0.29, 0.717) is 0 Å². The molecule has 3 aromatic heterocycles. The average molecular weight is 953 g/mol. The van der Waals surface area contributed by atoms with Gasteiger partial charge in [-0.15, -0.1) is 6.58 Å². The van der Waals surface area contributed by atoms with Gasteiger partial charge in [-0.05, 0) is 18.9 Å². The molecule has 9 N–H and O–H groups in total. The first-order valence-corrected chi connectivity index (χ1v) is 22.6. The number of hydrogen-bond acceptors (Lipinski definition) is 20. The summed E-state index contributed by atoms with van der Waals surface area (Å²) >= 11 is 0. The number of halogens is 2. The molecule has 354 valence electrons. The topological polar surface area (TPSA) is 362 Å². The van der Waals surface area contributed by atoms with Crippen LogP contribution in [0.25, 0.3) is 11.2 Å². The van der Waals surface area contributed by atoms with Crippen molar-refractivity contribution in [1.82, 2.24) is 38.9 Å². The molecule has 26 nitrogen and oxygen atoms in total. The lowest BCUT2D eigenvalue weighted by Gasteiger charge is -2.34. The fourth-order valence-corrected chi connectivity index (χ4v) is 8.61. The number of amides is 1. The molecule has 3 aromatic rings. The molecule has 0 saturated carbocycles. The SMILES string of the molecule is C=CCCC(=O)N(C)[C@@H](CCN1CCC(F)(F)CC1)C(=O)OC1C(COP(=O)(O)O[C@H]2[C@@H](O)[C@H](n3ccc(N)nc3=O)O[C@@H]2COP(=O)(O)O)OC(n2cnc3c(N)ncnc32)C1O. The van der Waals surface area contributed by atoms with Crippen LogP contribution >= 0.6 is 15.6 Å². The highest BCUT2D eigenvalue weighted by Gasteiger charge is 2.52. The van der Waals surface area contributed by atoms with Gasteiger partial charge >= 0.3 is 27.3 Å². The molecule has 10 atom stereocenters. The number of nitrogens with zero attached hydrogens (tertiary/aromatic N) is 8. The Balaban J connectivity index is 1.25. The fraction of sp³-hybridized carbons (Fsp3) is 0.618. The molecule has 0 spiro atoms. The number of rotatable bonds is 19. The molecule has 64 heavy (non-hydrogen) atoms. The van der Waals surface area contributed by atoms with Gasteiger partial charge in [-0.25, -0.2) is 42.5 Å². The summed E-state index contributed by atoms with van der Waals surface area (Å²) in [7, 11) is -9.31. The number of likely N-dealkylation sites (N-methyl/N-ethyl adjacent to an activating group) is 1. The van der Waals surface area contributed by atoms with Crippen LogP contribution in [0.1, 0.15) is 44.6 Å². The lowest BCUT2D eigenvalue weighted by atomic mass is 10.1. The molecule has 0 aliphatic carbocycles. The zero-order valence-electron chi connectivity index (χ0n) is 34.0. The number of aliphatic hydroxyl groups excluding tert-OH is 2. The summed E-state index contributed by atoms with van der Waals surface area (Å²) in [4.78, 5) is 88.1. The standard InChI is InChI=1S/C34H48F2N10O16P2/c1-3-4-5-22(47)43(2)18(6-10-44-12-8-34(35,36)9-13-44)32(50)61-26-19(59-31(24(26)48)46-17-41-23-28(38)39-16-40-29(23)46)15-58-64(55,56)62-27-20(14-57-63(52,53)54)60-30(25(27)49)45-11-7-21(37)42-33(45)51/h3,7,11,16-20,24-27,30-31,48-49H,1,4-6,8-10,12-15H2,2H3,(H,55,56)(H2,37,42,51)(H2,38,39,40)(H2,52,53,54)/t18-,19?,20+,24?,25+,26?,27+,30+,31?/m0/s1. The van der Waals surface area contributed by atoms with E-state index in [1.807, 2.05) is 0 Å². The minimum Gasteiger partial charge on any atom is -0.455 e. The number of phosphoric acid groups is 2. The number of phosphoric ester groups is 2. The number of fused-ring (bicyclic) bond motifs is 1. The number of aromatic nitrogens is 6. The molecular formula is C34H48F2N10O16P2. The zero-order valence-corrected chi connectivity index (χ0v) is 35.8. The van der Waals surface area contributed by atoms with Gasteiger partial charge in [0.15, 0.2) is 30.0 Å². The molecule has 3 aliphatic heterocycles. The molecule has 0 bridgehead atoms. The van der Waals surface area contributed by atoms with Gasteiger partial charge in [0.25, 0.3) is 5.92 Å². The van der Waals surface area contributed by atoms with Crippen LogP contribution in [0.2, 0.25) is 0 Å². The van der Waals surface area contributed by atoms with Crippen molar-refractivity contribution >= 4 is 50.3 Å². The Hall–Kier alpha value is -4.41. The first-order chi connectivity index (χ1) is 30.1. The third-order valence-corrected chi connectivity index (χ3v) is 12.2. The highest BCUT2D eigenvalue weighted by molar-refractivity contribution is 7.47. The van der Waals surface area contributed by atoms with Gasteiger partial charge in [0.1, 0.15) is 54.2 Å². The van der Waals surface area contributed by atoms with Crippen LogP contribution in [0.4, 0.5) is 20.4 Å². The van der Waals surface area contributed by atoms with Gasteiger partial charge in [0.05, 0.1) is 19.5 Å². The molecule has 0 radical (unpaired) electrons. The number of allylic oxidation sites excluding steroid dienone is 1. The highest BCUT2D eigenvalue weighted by Crippen LogP contribution is 2.50. The number of nitrogens with two attached hydrogens (primary N) is 2. The molecule has 3 aliphatic rings. The maximum absolute atomic E-state index is 14.1.